The molecule has 1 aliphatic heterocycles. The first kappa shape index (κ1) is 18.0. The maximum atomic E-state index is 13.4. The normalized spacial score (nSPS) is 14.8. The summed E-state index contributed by atoms with van der Waals surface area (Å²) in [5.74, 6) is -0.381. The van der Waals surface area contributed by atoms with Gasteiger partial charge in [0.1, 0.15) is 15.7 Å². The number of halogens is 1. The van der Waals surface area contributed by atoms with E-state index in [1.807, 2.05) is 6.92 Å². The molecule has 0 bridgehead atoms. The molecule has 1 aromatic carbocycles. The zero-order valence-electron chi connectivity index (χ0n) is 14.6. The van der Waals surface area contributed by atoms with Crippen molar-refractivity contribution in [1.29, 1.82) is 0 Å². The van der Waals surface area contributed by atoms with Crippen LogP contribution in [0.25, 0.3) is 10.6 Å². The molecule has 1 aromatic heterocycles. The SMILES string of the molecule is Cc1nc(-c2cccc(F)c2)sc1C(=O)NCCCCN1CCCC1. The van der Waals surface area contributed by atoms with Gasteiger partial charge in [0.2, 0.25) is 0 Å². The van der Waals surface area contributed by atoms with Crippen LogP contribution in [-0.4, -0.2) is 42.0 Å². The largest absolute Gasteiger partial charge is 0.351 e. The van der Waals surface area contributed by atoms with Crippen LogP contribution in [0.3, 0.4) is 0 Å². The second kappa shape index (κ2) is 8.54. The maximum Gasteiger partial charge on any atom is 0.263 e. The lowest BCUT2D eigenvalue weighted by Gasteiger charge is -2.13. The van der Waals surface area contributed by atoms with Crippen molar-refractivity contribution in [3.63, 3.8) is 0 Å². The van der Waals surface area contributed by atoms with Gasteiger partial charge in [-0.2, -0.15) is 0 Å². The lowest BCUT2D eigenvalue weighted by molar-refractivity contribution is 0.0956. The molecule has 134 valence electrons. The number of thiazole rings is 1. The molecule has 0 saturated carbocycles. The first-order chi connectivity index (χ1) is 12.1. The van der Waals surface area contributed by atoms with Crippen LogP contribution >= 0.6 is 11.3 Å². The molecule has 0 radical (unpaired) electrons. The van der Waals surface area contributed by atoms with E-state index in [0.29, 0.717) is 27.7 Å². The maximum absolute atomic E-state index is 13.4. The van der Waals surface area contributed by atoms with E-state index in [-0.39, 0.29) is 11.7 Å². The van der Waals surface area contributed by atoms with Gasteiger partial charge in [-0.3, -0.25) is 4.79 Å². The molecule has 6 heteroatoms. The number of unbranched alkanes of at least 4 members (excludes halogenated alkanes) is 1. The van der Waals surface area contributed by atoms with E-state index in [2.05, 4.69) is 15.2 Å². The Morgan fingerprint density at radius 3 is 2.88 bits per heavy atom. The van der Waals surface area contributed by atoms with Gasteiger partial charge in [0.05, 0.1) is 5.69 Å². The Morgan fingerprint density at radius 2 is 2.12 bits per heavy atom. The minimum atomic E-state index is -0.297. The summed E-state index contributed by atoms with van der Waals surface area (Å²) in [6.45, 7) is 6.06. The van der Waals surface area contributed by atoms with Crippen LogP contribution in [0.4, 0.5) is 4.39 Å². The second-order valence-electron chi connectivity index (χ2n) is 6.46. The molecule has 4 nitrogen and oxygen atoms in total. The highest BCUT2D eigenvalue weighted by Gasteiger charge is 2.16. The second-order valence-corrected chi connectivity index (χ2v) is 7.45. The molecule has 0 aliphatic carbocycles. The Morgan fingerprint density at radius 1 is 1.32 bits per heavy atom. The van der Waals surface area contributed by atoms with Crippen molar-refractivity contribution < 1.29 is 9.18 Å². The fraction of sp³-hybridized carbons (Fsp3) is 0.474. The summed E-state index contributed by atoms with van der Waals surface area (Å²) in [5, 5.41) is 3.66. The molecule has 0 spiro atoms. The monoisotopic (exact) mass is 361 g/mol. The van der Waals surface area contributed by atoms with Crippen LogP contribution in [0.15, 0.2) is 24.3 Å². The molecule has 1 N–H and O–H groups in total. The van der Waals surface area contributed by atoms with Crippen molar-refractivity contribution in [2.75, 3.05) is 26.2 Å². The molecule has 2 aromatic rings. The summed E-state index contributed by atoms with van der Waals surface area (Å²) in [6.07, 6.45) is 4.72. The number of amides is 1. The topological polar surface area (TPSA) is 45.2 Å². The number of carbonyl (C=O) groups is 1. The standard InChI is InChI=1S/C19H24FN3OS/c1-14-17(25-19(22-14)15-7-6-8-16(20)13-15)18(24)21-9-2-3-10-23-11-4-5-12-23/h6-8,13H,2-5,9-12H2,1H3,(H,21,24). The zero-order chi connectivity index (χ0) is 17.6. The lowest BCUT2D eigenvalue weighted by Crippen LogP contribution is -2.26. The minimum Gasteiger partial charge on any atom is -0.351 e. The molecule has 0 unspecified atom stereocenters. The molecular formula is C19H24FN3OS. The zero-order valence-corrected chi connectivity index (χ0v) is 15.4. The van der Waals surface area contributed by atoms with Crippen molar-refractivity contribution in [3.05, 3.63) is 40.7 Å². The number of nitrogens with one attached hydrogen (secondary N) is 1. The predicted octanol–water partition coefficient (Wildman–Crippen LogP) is 3.86. The molecule has 2 heterocycles. The molecule has 3 rings (SSSR count). The average Bonchev–Trinajstić information content (AvgIpc) is 3.24. The van der Waals surface area contributed by atoms with Gasteiger partial charge in [0.25, 0.3) is 5.91 Å². The van der Waals surface area contributed by atoms with Crippen LogP contribution in [0, 0.1) is 12.7 Å². The highest BCUT2D eigenvalue weighted by molar-refractivity contribution is 7.17. The van der Waals surface area contributed by atoms with E-state index in [1.54, 1.807) is 12.1 Å². The van der Waals surface area contributed by atoms with Crippen LogP contribution < -0.4 is 5.32 Å². The van der Waals surface area contributed by atoms with Crippen molar-refractivity contribution >= 4 is 17.2 Å². The van der Waals surface area contributed by atoms with Gasteiger partial charge in [-0.15, -0.1) is 11.3 Å². The Labute approximate surface area is 152 Å². The van der Waals surface area contributed by atoms with Gasteiger partial charge in [0.15, 0.2) is 0 Å². The Balaban J connectivity index is 1.50. The van der Waals surface area contributed by atoms with Crippen LogP contribution in [0.5, 0.6) is 0 Å². The highest BCUT2D eigenvalue weighted by atomic mass is 32.1. The van der Waals surface area contributed by atoms with Crippen LogP contribution in [-0.2, 0) is 0 Å². The van der Waals surface area contributed by atoms with Gasteiger partial charge >= 0.3 is 0 Å². The summed E-state index contributed by atoms with van der Waals surface area (Å²) in [7, 11) is 0. The summed E-state index contributed by atoms with van der Waals surface area (Å²) in [6, 6.07) is 6.31. The van der Waals surface area contributed by atoms with E-state index < -0.39 is 0 Å². The number of rotatable bonds is 7. The number of aromatic nitrogens is 1. The van der Waals surface area contributed by atoms with Gasteiger partial charge < -0.3 is 10.2 Å². The fourth-order valence-electron chi connectivity index (χ4n) is 3.10. The molecular weight excluding hydrogens is 337 g/mol. The molecule has 1 aliphatic rings. The number of aryl methyl sites for hydroxylation is 1. The summed E-state index contributed by atoms with van der Waals surface area (Å²) in [4.78, 5) is 19.9. The summed E-state index contributed by atoms with van der Waals surface area (Å²) >= 11 is 1.32. The summed E-state index contributed by atoms with van der Waals surface area (Å²) in [5.41, 5.74) is 1.40. The third-order valence-corrected chi connectivity index (χ3v) is 5.67. The van der Waals surface area contributed by atoms with Crippen molar-refractivity contribution in [1.82, 2.24) is 15.2 Å². The van der Waals surface area contributed by atoms with Crippen molar-refractivity contribution in [3.8, 4) is 10.6 Å². The predicted molar refractivity (Wildman–Crippen MR) is 99.5 cm³/mol. The van der Waals surface area contributed by atoms with Crippen LogP contribution in [0.2, 0.25) is 0 Å². The smallest absolute Gasteiger partial charge is 0.263 e. The minimum absolute atomic E-state index is 0.0844. The fourth-order valence-corrected chi connectivity index (χ4v) is 4.08. The van der Waals surface area contributed by atoms with Gasteiger partial charge in [-0.25, -0.2) is 9.37 Å². The lowest BCUT2D eigenvalue weighted by atomic mass is 10.2. The Kier molecular flexibility index (Phi) is 6.15. The van der Waals surface area contributed by atoms with Gasteiger partial charge in [-0.05, 0) is 64.4 Å². The molecule has 1 amide bonds. The molecule has 0 atom stereocenters. The Bertz CT molecular complexity index is 725. The first-order valence-electron chi connectivity index (χ1n) is 8.87. The third-order valence-electron chi connectivity index (χ3n) is 4.46. The van der Waals surface area contributed by atoms with Crippen molar-refractivity contribution in [2.45, 2.75) is 32.6 Å². The Hall–Kier alpha value is -1.79. The van der Waals surface area contributed by atoms with E-state index in [1.165, 1.54) is 49.4 Å². The van der Waals surface area contributed by atoms with Gasteiger partial charge in [-0.1, -0.05) is 12.1 Å². The van der Waals surface area contributed by atoms with Crippen molar-refractivity contribution in [2.24, 2.45) is 0 Å². The highest BCUT2D eigenvalue weighted by Crippen LogP contribution is 2.28. The number of hydrogen-bond donors (Lipinski definition) is 1. The number of likely N-dealkylation sites (tertiary alicyclic amines) is 1. The number of carbonyl (C=O) groups excluding carboxylic acids is 1. The first-order valence-corrected chi connectivity index (χ1v) is 9.69. The van der Waals surface area contributed by atoms with Gasteiger partial charge in [0, 0.05) is 12.1 Å². The molecule has 25 heavy (non-hydrogen) atoms. The molecule has 1 fully saturated rings. The van der Waals surface area contributed by atoms with Crippen LogP contribution in [0.1, 0.15) is 41.0 Å². The quantitative estimate of drug-likeness (QED) is 0.762. The average molecular weight is 361 g/mol. The van der Waals surface area contributed by atoms with E-state index in [0.717, 1.165) is 19.4 Å². The van der Waals surface area contributed by atoms with E-state index in [9.17, 15) is 9.18 Å². The number of hydrogen-bond acceptors (Lipinski definition) is 4. The summed E-state index contributed by atoms with van der Waals surface area (Å²) < 4.78 is 13.4. The number of benzene rings is 1. The number of nitrogens with zero attached hydrogens (tertiary/aromatic N) is 2. The molecule has 1 saturated heterocycles. The van der Waals surface area contributed by atoms with E-state index >= 15 is 0 Å². The van der Waals surface area contributed by atoms with E-state index in [4.69, 9.17) is 0 Å². The third kappa shape index (κ3) is 4.86.